The molecule has 2 aromatic carbocycles. The molecule has 0 saturated carbocycles. The molecule has 18 heteroatoms. The molecule has 3 fully saturated rings. The average Bonchev–Trinajstić information content (AvgIpc) is 3.56. The highest BCUT2D eigenvalue weighted by Crippen LogP contribution is 2.34. The Morgan fingerprint density at radius 1 is 0.840 bits per heavy atom. The van der Waals surface area contributed by atoms with E-state index >= 15 is 0 Å². The molecule has 3 aromatic rings. The minimum atomic E-state index is -1.87. The third-order valence-electron chi connectivity index (χ3n) is 8.72. The van der Waals surface area contributed by atoms with Crippen molar-refractivity contribution in [2.75, 3.05) is 13.2 Å². The number of hydrogen-bond acceptors (Lipinski definition) is 14. The summed E-state index contributed by atoms with van der Waals surface area (Å²) in [5.41, 5.74) is 5.90. The van der Waals surface area contributed by atoms with Crippen molar-refractivity contribution >= 4 is 17.8 Å². The zero-order valence-electron chi connectivity index (χ0n) is 26.1. The Morgan fingerprint density at radius 3 is 2.20 bits per heavy atom. The number of amides is 2. The monoisotopic (exact) mass is 697 g/mol. The topological polar surface area (TPSA) is 274 Å². The van der Waals surface area contributed by atoms with Gasteiger partial charge in [0.2, 0.25) is 11.8 Å². The molecule has 9 N–H and O–H groups in total. The molecule has 0 aliphatic carbocycles. The van der Waals surface area contributed by atoms with Gasteiger partial charge < -0.3 is 55.7 Å². The summed E-state index contributed by atoms with van der Waals surface area (Å²) in [5, 5.41) is 47.7. The fraction of sp³-hybridized carbons (Fsp3) is 0.406. The predicted molar refractivity (Wildman–Crippen MR) is 168 cm³/mol. The molecule has 3 aliphatic rings. The molecule has 50 heavy (non-hydrogen) atoms. The summed E-state index contributed by atoms with van der Waals surface area (Å²) in [7, 11) is 0. The van der Waals surface area contributed by atoms with Crippen molar-refractivity contribution in [1.82, 2.24) is 20.2 Å². The minimum Gasteiger partial charge on any atom is -0.459 e. The zero-order valence-corrected chi connectivity index (χ0v) is 26.1. The number of carbonyl (C=O) groups is 3. The number of ether oxygens (including phenoxy) is 4. The van der Waals surface area contributed by atoms with E-state index in [0.717, 1.165) is 28.0 Å². The zero-order chi connectivity index (χ0) is 35.7. The molecule has 2 amide bonds. The number of nitrogens with zero attached hydrogens (tertiary/aromatic N) is 1. The van der Waals surface area contributed by atoms with Gasteiger partial charge >= 0.3 is 11.7 Å². The number of aromatic nitrogens is 2. The van der Waals surface area contributed by atoms with Gasteiger partial charge in [0.05, 0.1) is 5.56 Å². The summed E-state index contributed by atoms with van der Waals surface area (Å²) < 4.78 is 23.3. The molecular formula is C32H35N5O13. The van der Waals surface area contributed by atoms with Gasteiger partial charge in [-0.2, -0.15) is 0 Å². The fourth-order valence-corrected chi connectivity index (χ4v) is 6.00. The highest BCUT2D eigenvalue weighted by Gasteiger charge is 2.55. The minimum absolute atomic E-state index is 0.203. The van der Waals surface area contributed by atoms with E-state index in [1.165, 1.54) is 0 Å². The SMILES string of the molecule is NC[C@H]1O[C@@H](O[C@H]([C@H]2O[C@@H](n3ccc(=O)[nH]c3=O)[C@H](O)[C@@H]2O)[C@@H]2NC(=O)[C@@H](COC(=O)c3ccc(-c4ccccc4)cc3)NC2=O)[C@H](O)[C@@H]1O. The lowest BCUT2D eigenvalue weighted by Gasteiger charge is -2.38. The van der Waals surface area contributed by atoms with E-state index in [1.807, 2.05) is 35.3 Å². The maximum atomic E-state index is 13.5. The van der Waals surface area contributed by atoms with Gasteiger partial charge in [0.1, 0.15) is 61.4 Å². The number of carbonyl (C=O) groups excluding carboxylic acids is 3. The van der Waals surface area contributed by atoms with Gasteiger partial charge in [0.15, 0.2) is 12.5 Å². The summed E-state index contributed by atoms with van der Waals surface area (Å²) in [6.45, 7) is -0.776. The number of esters is 1. The first-order valence-corrected chi connectivity index (χ1v) is 15.6. The van der Waals surface area contributed by atoms with Crippen molar-refractivity contribution in [3.63, 3.8) is 0 Å². The van der Waals surface area contributed by atoms with Gasteiger partial charge in [-0.25, -0.2) is 9.59 Å². The molecule has 0 unspecified atom stereocenters. The lowest BCUT2D eigenvalue weighted by atomic mass is 9.96. The number of benzene rings is 2. The number of nitrogens with one attached hydrogen (secondary N) is 3. The lowest BCUT2D eigenvalue weighted by molar-refractivity contribution is -0.227. The van der Waals surface area contributed by atoms with Crippen LogP contribution in [-0.4, -0.2) is 122 Å². The molecule has 0 spiro atoms. The Bertz CT molecular complexity index is 1820. The first-order chi connectivity index (χ1) is 24.0. The van der Waals surface area contributed by atoms with Crippen LogP contribution in [0.2, 0.25) is 0 Å². The average molecular weight is 698 g/mol. The molecule has 1 aromatic heterocycles. The van der Waals surface area contributed by atoms with E-state index in [-0.39, 0.29) is 12.1 Å². The van der Waals surface area contributed by atoms with Crippen LogP contribution in [0.25, 0.3) is 11.1 Å². The highest BCUT2D eigenvalue weighted by atomic mass is 16.7. The molecule has 0 radical (unpaired) electrons. The van der Waals surface area contributed by atoms with Crippen molar-refractivity contribution in [2.24, 2.45) is 5.73 Å². The van der Waals surface area contributed by atoms with Crippen LogP contribution in [0, 0.1) is 0 Å². The van der Waals surface area contributed by atoms with Crippen LogP contribution >= 0.6 is 0 Å². The van der Waals surface area contributed by atoms with E-state index < -0.39 is 103 Å². The fourth-order valence-electron chi connectivity index (χ4n) is 6.00. The molecule has 4 heterocycles. The molecule has 18 nitrogen and oxygen atoms in total. The van der Waals surface area contributed by atoms with E-state index in [2.05, 4.69) is 10.6 Å². The second-order valence-electron chi connectivity index (χ2n) is 11.9. The maximum absolute atomic E-state index is 13.5. The number of hydrogen-bond donors (Lipinski definition) is 8. The molecule has 11 atom stereocenters. The largest absolute Gasteiger partial charge is 0.459 e. The molecule has 3 saturated heterocycles. The van der Waals surface area contributed by atoms with Gasteiger partial charge in [-0.3, -0.25) is 23.9 Å². The first kappa shape index (κ1) is 35.1. The Balaban J connectivity index is 1.17. The highest BCUT2D eigenvalue weighted by molar-refractivity contribution is 5.98. The third kappa shape index (κ3) is 6.96. The molecule has 0 bridgehead atoms. The summed E-state index contributed by atoms with van der Waals surface area (Å²) in [4.78, 5) is 65.5. The normalized spacial score (nSPS) is 31.5. The molecule has 6 rings (SSSR count). The van der Waals surface area contributed by atoms with Gasteiger partial charge in [0.25, 0.3) is 5.56 Å². The van der Waals surface area contributed by atoms with E-state index in [1.54, 1.807) is 24.3 Å². The molecular weight excluding hydrogens is 662 g/mol. The van der Waals surface area contributed by atoms with Gasteiger partial charge in [-0.1, -0.05) is 42.5 Å². The summed E-state index contributed by atoms with van der Waals surface area (Å²) in [6.07, 6.45) is -13.6. The van der Waals surface area contributed by atoms with E-state index in [4.69, 9.17) is 24.7 Å². The number of aliphatic hydroxyl groups is 4. The van der Waals surface area contributed by atoms with Crippen LogP contribution < -0.4 is 27.6 Å². The van der Waals surface area contributed by atoms with Crippen LogP contribution in [-0.2, 0) is 28.5 Å². The standard InChI is InChI=1S/C32H35N5O13/c33-12-18-21(39)24(42)31(48-18)50-25(26-22(40)23(41)29(49-26)37-11-10-19(38)35-32(37)46)20-28(44)34-17(27(43)36-20)13-47-30(45)16-8-6-15(7-9-16)14-4-2-1-3-5-14/h1-11,17-18,20-26,29,31,39-42H,12-13,33H2,(H,34,44)(H,36,43)(H,35,38,46)/t17-,18-,20+,21-,22+,23-,24-,25+,26+,29-,31+/m1/s1. The van der Waals surface area contributed by atoms with Crippen molar-refractivity contribution in [1.29, 1.82) is 0 Å². The van der Waals surface area contributed by atoms with Gasteiger partial charge in [-0.05, 0) is 23.3 Å². The van der Waals surface area contributed by atoms with Crippen molar-refractivity contribution < 1.29 is 53.8 Å². The summed E-state index contributed by atoms with van der Waals surface area (Å²) >= 11 is 0. The van der Waals surface area contributed by atoms with Crippen LogP contribution in [0.15, 0.2) is 76.4 Å². The predicted octanol–water partition coefficient (Wildman–Crippen LogP) is -3.55. The number of aromatic amines is 1. The van der Waals surface area contributed by atoms with Crippen LogP contribution in [0.4, 0.5) is 0 Å². The van der Waals surface area contributed by atoms with Crippen molar-refractivity contribution in [3.05, 3.63) is 93.3 Å². The third-order valence-corrected chi connectivity index (χ3v) is 8.72. The first-order valence-electron chi connectivity index (χ1n) is 15.6. The number of H-pyrrole nitrogens is 1. The Hall–Kier alpha value is -4.79. The van der Waals surface area contributed by atoms with Crippen LogP contribution in [0.3, 0.4) is 0 Å². The smallest absolute Gasteiger partial charge is 0.338 e. The number of piperazine rings is 1. The lowest BCUT2D eigenvalue weighted by Crippen LogP contribution is -2.69. The summed E-state index contributed by atoms with van der Waals surface area (Å²) in [6, 6.07) is 14.0. The summed E-state index contributed by atoms with van der Waals surface area (Å²) in [5.74, 6) is -2.48. The van der Waals surface area contributed by atoms with Crippen molar-refractivity contribution in [2.45, 2.75) is 67.3 Å². The second kappa shape index (κ2) is 14.6. The van der Waals surface area contributed by atoms with E-state index in [9.17, 15) is 44.4 Å². The maximum Gasteiger partial charge on any atom is 0.338 e. The Morgan fingerprint density at radius 2 is 1.54 bits per heavy atom. The van der Waals surface area contributed by atoms with Crippen LogP contribution in [0.1, 0.15) is 16.6 Å². The van der Waals surface area contributed by atoms with Crippen LogP contribution in [0.5, 0.6) is 0 Å². The molecule has 266 valence electrons. The van der Waals surface area contributed by atoms with Gasteiger partial charge in [0, 0.05) is 18.8 Å². The number of aliphatic hydroxyl groups excluding tert-OH is 4. The van der Waals surface area contributed by atoms with Gasteiger partial charge in [-0.15, -0.1) is 0 Å². The molecule has 3 aliphatic heterocycles. The number of rotatable bonds is 10. The Labute approximate surface area is 282 Å². The Kier molecular flexibility index (Phi) is 10.2. The van der Waals surface area contributed by atoms with E-state index in [0.29, 0.717) is 0 Å². The quantitative estimate of drug-likeness (QED) is 0.0954. The van der Waals surface area contributed by atoms with Crippen molar-refractivity contribution in [3.8, 4) is 11.1 Å². The number of nitrogens with two attached hydrogens (primary N) is 1. The second-order valence-corrected chi connectivity index (χ2v) is 11.9.